The zero-order valence-electron chi connectivity index (χ0n) is 8.43. The van der Waals surface area contributed by atoms with Crippen LogP contribution in [0.1, 0.15) is 10.6 Å². The molecule has 0 atom stereocenters. The lowest BCUT2D eigenvalue weighted by atomic mass is 10.4. The van der Waals surface area contributed by atoms with Gasteiger partial charge < -0.3 is 5.11 Å². The van der Waals surface area contributed by atoms with Gasteiger partial charge in [-0.3, -0.25) is 4.79 Å². The molecule has 0 amide bonds. The van der Waals surface area contributed by atoms with Crippen LogP contribution in [0.4, 0.5) is 0 Å². The zero-order valence-corrected chi connectivity index (χ0v) is 10.1. The Morgan fingerprint density at radius 3 is 2.75 bits per heavy atom. The molecule has 1 rings (SSSR count). The summed E-state index contributed by atoms with van der Waals surface area (Å²) in [5.74, 6) is -1.24. The number of aryl methyl sites for hydroxylation is 1. The molecule has 0 bridgehead atoms. The van der Waals surface area contributed by atoms with Gasteiger partial charge in [-0.05, 0) is 24.5 Å². The van der Waals surface area contributed by atoms with E-state index in [9.17, 15) is 13.2 Å². The number of hydrogen-bond acceptors (Lipinski definition) is 5. The summed E-state index contributed by atoms with van der Waals surface area (Å²) >= 11 is 1.19. The molecular weight excluding hydrogens is 254 g/mol. The average molecular weight is 265 g/mol. The van der Waals surface area contributed by atoms with Crippen molar-refractivity contribution in [3.63, 3.8) is 0 Å². The van der Waals surface area contributed by atoms with Crippen molar-refractivity contribution in [1.82, 2.24) is 13.8 Å². The van der Waals surface area contributed by atoms with E-state index >= 15 is 0 Å². The Hall–Kier alpha value is -1.03. The minimum absolute atomic E-state index is 0.0977. The average Bonchev–Trinajstić information content (AvgIpc) is 2.59. The first-order valence-electron chi connectivity index (χ1n) is 4.27. The highest BCUT2D eigenvalue weighted by atomic mass is 32.2. The lowest BCUT2D eigenvalue weighted by molar-refractivity contribution is -0.135. The maximum Gasteiger partial charge on any atom is 0.318 e. The Kier molecular flexibility index (Phi) is 4.35. The zero-order chi connectivity index (χ0) is 12.2. The van der Waals surface area contributed by atoms with Crippen molar-refractivity contribution in [3.05, 3.63) is 16.6 Å². The van der Waals surface area contributed by atoms with Gasteiger partial charge in [0, 0.05) is 11.4 Å². The summed E-state index contributed by atoms with van der Waals surface area (Å²) < 4.78 is 30.5. The van der Waals surface area contributed by atoms with Crippen LogP contribution in [0.15, 0.2) is 6.07 Å². The summed E-state index contributed by atoms with van der Waals surface area (Å²) in [4.78, 5) is 10.9. The highest BCUT2D eigenvalue weighted by Gasteiger charge is 2.11. The first-order valence-corrected chi connectivity index (χ1v) is 6.53. The smallest absolute Gasteiger partial charge is 0.318 e. The van der Waals surface area contributed by atoms with Gasteiger partial charge in [0.2, 0.25) is 0 Å². The molecule has 0 aliphatic carbocycles. The van der Waals surface area contributed by atoms with Crippen molar-refractivity contribution in [3.8, 4) is 0 Å². The minimum atomic E-state index is -3.77. The van der Waals surface area contributed by atoms with E-state index < -0.39 is 22.7 Å². The molecule has 3 N–H and O–H groups in total. The summed E-state index contributed by atoms with van der Waals surface area (Å²) in [6.07, 6.45) is 0. The Balaban J connectivity index is 2.45. The summed E-state index contributed by atoms with van der Waals surface area (Å²) in [7, 11) is -3.77. The van der Waals surface area contributed by atoms with Crippen molar-refractivity contribution < 1.29 is 18.3 Å². The van der Waals surface area contributed by atoms with Crippen LogP contribution in [-0.4, -0.2) is 30.4 Å². The number of aromatic nitrogens is 1. The van der Waals surface area contributed by atoms with Gasteiger partial charge in [-0.1, -0.05) is 0 Å². The van der Waals surface area contributed by atoms with Crippen molar-refractivity contribution >= 4 is 27.7 Å². The van der Waals surface area contributed by atoms with Crippen LogP contribution < -0.4 is 9.44 Å². The van der Waals surface area contributed by atoms with E-state index in [4.69, 9.17) is 5.11 Å². The molecule has 0 saturated heterocycles. The molecule has 1 aromatic heterocycles. The van der Waals surface area contributed by atoms with Crippen molar-refractivity contribution in [2.75, 3.05) is 6.54 Å². The Labute approximate surface area is 96.8 Å². The molecule has 0 aliphatic rings. The summed E-state index contributed by atoms with van der Waals surface area (Å²) in [6, 6.07) is 1.75. The quantitative estimate of drug-likeness (QED) is 0.640. The molecule has 16 heavy (non-hydrogen) atoms. The molecule has 1 heterocycles. The van der Waals surface area contributed by atoms with Crippen LogP contribution in [0, 0.1) is 6.92 Å². The van der Waals surface area contributed by atoms with Crippen LogP contribution in [0.5, 0.6) is 0 Å². The van der Waals surface area contributed by atoms with Gasteiger partial charge in [-0.15, -0.1) is 0 Å². The first-order chi connectivity index (χ1) is 7.39. The third-order valence-corrected chi connectivity index (χ3v) is 3.45. The fourth-order valence-electron chi connectivity index (χ4n) is 0.874. The topological polar surface area (TPSA) is 108 Å². The highest BCUT2D eigenvalue weighted by molar-refractivity contribution is 7.87. The van der Waals surface area contributed by atoms with Crippen molar-refractivity contribution in [2.45, 2.75) is 13.5 Å². The van der Waals surface area contributed by atoms with E-state index in [2.05, 4.69) is 9.10 Å². The molecule has 0 spiro atoms. The fraction of sp³-hybridized carbons (Fsp3) is 0.429. The van der Waals surface area contributed by atoms with Crippen molar-refractivity contribution in [2.24, 2.45) is 0 Å². The largest absolute Gasteiger partial charge is 0.480 e. The predicted octanol–water partition coefficient (Wildman–Crippen LogP) is -0.540. The van der Waals surface area contributed by atoms with E-state index in [1.807, 2.05) is 4.72 Å². The SMILES string of the molecule is Cc1cc(CNS(=O)(=O)NCC(=O)O)sn1. The van der Waals surface area contributed by atoms with Crippen molar-refractivity contribution in [1.29, 1.82) is 0 Å². The standard InChI is InChI=1S/C7H11N3O4S2/c1-5-2-6(15-10-5)3-8-16(13,14)9-4-7(11)12/h2,8-9H,3-4H2,1H3,(H,11,12). The van der Waals surface area contributed by atoms with E-state index in [0.29, 0.717) is 0 Å². The summed E-state index contributed by atoms with van der Waals surface area (Å²) in [5, 5.41) is 8.30. The third kappa shape index (κ3) is 4.66. The molecule has 7 nitrogen and oxygen atoms in total. The minimum Gasteiger partial charge on any atom is -0.480 e. The van der Waals surface area contributed by atoms with Gasteiger partial charge >= 0.3 is 5.97 Å². The van der Waals surface area contributed by atoms with Gasteiger partial charge in [0.15, 0.2) is 0 Å². The van der Waals surface area contributed by atoms with Gasteiger partial charge in [0.05, 0.1) is 5.69 Å². The Morgan fingerprint density at radius 1 is 1.56 bits per heavy atom. The van der Waals surface area contributed by atoms with E-state index in [0.717, 1.165) is 10.6 Å². The molecule has 0 radical (unpaired) electrons. The molecule has 0 fully saturated rings. The van der Waals surface area contributed by atoms with Gasteiger partial charge in [-0.2, -0.15) is 22.2 Å². The number of nitrogens with zero attached hydrogens (tertiary/aromatic N) is 1. The number of carboxylic acids is 1. The van der Waals surface area contributed by atoms with Crippen LogP contribution in [-0.2, 0) is 21.5 Å². The van der Waals surface area contributed by atoms with E-state index in [1.165, 1.54) is 11.5 Å². The monoisotopic (exact) mass is 265 g/mol. The summed E-state index contributed by atoms with van der Waals surface area (Å²) in [5.41, 5.74) is 0.817. The number of carboxylic acid groups (broad SMARTS) is 1. The van der Waals surface area contributed by atoms with Gasteiger partial charge in [0.25, 0.3) is 10.2 Å². The molecule has 9 heteroatoms. The fourth-order valence-corrected chi connectivity index (χ4v) is 2.40. The van der Waals surface area contributed by atoms with E-state index in [1.54, 1.807) is 13.0 Å². The second-order valence-corrected chi connectivity index (χ2v) is 5.45. The molecule has 0 aliphatic heterocycles. The number of carbonyl (C=O) groups is 1. The van der Waals surface area contributed by atoms with Crippen LogP contribution >= 0.6 is 11.5 Å². The number of nitrogens with one attached hydrogen (secondary N) is 2. The third-order valence-electron chi connectivity index (χ3n) is 1.53. The molecular formula is C7H11N3O4S2. The lowest BCUT2D eigenvalue weighted by Gasteiger charge is -2.04. The second kappa shape index (κ2) is 5.34. The maximum atomic E-state index is 11.2. The molecule has 0 saturated carbocycles. The molecule has 90 valence electrons. The Bertz CT molecular complexity index is 468. The predicted molar refractivity (Wildman–Crippen MR) is 58.2 cm³/mol. The van der Waals surface area contributed by atoms with Crippen LogP contribution in [0.25, 0.3) is 0 Å². The van der Waals surface area contributed by atoms with Gasteiger partial charge in [0.1, 0.15) is 6.54 Å². The van der Waals surface area contributed by atoms with Crippen LogP contribution in [0.2, 0.25) is 0 Å². The first kappa shape index (κ1) is 13.0. The molecule has 0 unspecified atom stereocenters. The normalized spacial score (nSPS) is 11.6. The molecule has 0 aromatic carbocycles. The maximum absolute atomic E-state index is 11.2. The van der Waals surface area contributed by atoms with E-state index in [-0.39, 0.29) is 6.54 Å². The van der Waals surface area contributed by atoms with Gasteiger partial charge in [-0.25, -0.2) is 0 Å². The van der Waals surface area contributed by atoms with Crippen LogP contribution in [0.3, 0.4) is 0 Å². The number of hydrogen-bond donors (Lipinski definition) is 3. The summed E-state index contributed by atoms with van der Waals surface area (Å²) in [6.45, 7) is 1.26. The Morgan fingerprint density at radius 2 is 2.25 bits per heavy atom. The number of aliphatic carboxylic acids is 1. The molecule has 1 aromatic rings. The lowest BCUT2D eigenvalue weighted by Crippen LogP contribution is -2.38. The second-order valence-electron chi connectivity index (χ2n) is 2.97. The highest BCUT2D eigenvalue weighted by Crippen LogP contribution is 2.08. The number of rotatable bonds is 6.